The van der Waals surface area contributed by atoms with Crippen LogP contribution < -0.4 is 14.2 Å². The first-order valence-electron chi connectivity index (χ1n) is 14.8. The average Bonchev–Trinajstić information content (AvgIpc) is 3.09. The molecular weight excluding hydrogens is 612 g/mol. The maximum Gasteiger partial charge on any atom is 0.335 e. The first-order chi connectivity index (χ1) is 23.2. The van der Waals surface area contributed by atoms with Crippen LogP contribution in [0.25, 0.3) is 5.57 Å². The summed E-state index contributed by atoms with van der Waals surface area (Å²) in [5.74, 6) is -1.50. The largest absolute Gasteiger partial charge is 0.478 e. The third kappa shape index (κ3) is 6.95. The molecule has 0 amide bonds. The van der Waals surface area contributed by atoms with Crippen molar-refractivity contribution in [3.8, 4) is 28.7 Å². The number of rotatable bonds is 11. The minimum absolute atomic E-state index is 0.0560. The van der Waals surface area contributed by atoms with Crippen LogP contribution in [-0.2, 0) is 5.60 Å². The van der Waals surface area contributed by atoms with Crippen LogP contribution in [0.15, 0.2) is 140 Å². The Morgan fingerprint density at radius 1 is 0.562 bits per heavy atom. The Balaban J connectivity index is 1.37. The summed E-state index contributed by atoms with van der Waals surface area (Å²) in [5.41, 5.74) is 1.62. The minimum atomic E-state index is -1.10. The Morgan fingerprint density at radius 3 is 1.67 bits per heavy atom. The number of hydrogen-bond donors (Lipinski definition) is 3. The highest BCUT2D eigenvalue weighted by molar-refractivity contribution is 5.89. The van der Waals surface area contributed by atoms with Crippen molar-refractivity contribution in [2.75, 3.05) is 0 Å². The summed E-state index contributed by atoms with van der Waals surface area (Å²) in [5, 5.41) is 28.4. The molecule has 48 heavy (non-hydrogen) atoms. The Bertz CT molecular complexity index is 2080. The fourth-order valence-electron chi connectivity index (χ4n) is 5.33. The predicted octanol–water partition coefficient (Wildman–Crippen LogP) is 8.68. The quantitative estimate of drug-likeness (QED) is 0.129. The topological polar surface area (TPSA) is 140 Å². The Labute approximate surface area is 275 Å². The van der Waals surface area contributed by atoms with Gasteiger partial charge in [-0.2, -0.15) is 0 Å². The van der Waals surface area contributed by atoms with Crippen LogP contribution in [0.1, 0.15) is 48.6 Å². The summed E-state index contributed by atoms with van der Waals surface area (Å²) in [4.78, 5) is 34.7. The lowest BCUT2D eigenvalue weighted by Gasteiger charge is -2.34. The highest BCUT2D eigenvalue weighted by Gasteiger charge is 2.34. The molecule has 0 radical (unpaired) electrons. The fraction of sp³-hybridized carbons (Fsp3) is 0.0513. The van der Waals surface area contributed by atoms with Crippen molar-refractivity contribution in [2.45, 2.75) is 12.0 Å². The predicted molar refractivity (Wildman–Crippen MR) is 177 cm³/mol. The lowest BCUT2D eigenvalue weighted by molar-refractivity contribution is 0.0685. The van der Waals surface area contributed by atoms with E-state index < -0.39 is 23.5 Å². The molecule has 9 nitrogen and oxygen atoms in total. The Morgan fingerprint density at radius 2 is 1.10 bits per heavy atom. The van der Waals surface area contributed by atoms with Gasteiger partial charge in [-0.3, -0.25) is 0 Å². The fourth-order valence-corrected chi connectivity index (χ4v) is 5.33. The number of carboxylic acids is 3. The summed E-state index contributed by atoms with van der Waals surface area (Å²) >= 11 is 0. The van der Waals surface area contributed by atoms with Gasteiger partial charge in [0.15, 0.2) is 5.60 Å². The molecule has 0 saturated carbocycles. The number of carboxylic acid groups (broad SMARTS) is 3. The number of carbonyl (C=O) groups is 3. The normalized spacial score (nSPS) is 15.2. The zero-order valence-corrected chi connectivity index (χ0v) is 25.3. The molecule has 1 atom stereocenters. The molecule has 0 heterocycles. The zero-order chi connectivity index (χ0) is 33.7. The molecule has 6 rings (SSSR count). The van der Waals surface area contributed by atoms with Gasteiger partial charge in [0.05, 0.1) is 16.7 Å². The van der Waals surface area contributed by atoms with Gasteiger partial charge in [-0.1, -0.05) is 60.7 Å². The summed E-state index contributed by atoms with van der Waals surface area (Å²) in [6.07, 6.45) is 6.18. The number of hydrogen-bond acceptors (Lipinski definition) is 6. The van der Waals surface area contributed by atoms with Gasteiger partial charge >= 0.3 is 17.9 Å². The van der Waals surface area contributed by atoms with E-state index in [1.165, 1.54) is 36.4 Å². The van der Waals surface area contributed by atoms with Crippen molar-refractivity contribution in [1.29, 1.82) is 0 Å². The van der Waals surface area contributed by atoms with Crippen LogP contribution >= 0.6 is 0 Å². The molecule has 3 N–H and O–H groups in total. The molecule has 1 aliphatic carbocycles. The van der Waals surface area contributed by atoms with Crippen molar-refractivity contribution >= 4 is 23.5 Å². The molecular formula is C39H28O9. The smallest absolute Gasteiger partial charge is 0.335 e. The van der Waals surface area contributed by atoms with Gasteiger partial charge in [0.1, 0.15) is 28.7 Å². The molecule has 0 bridgehead atoms. The molecule has 0 aromatic heterocycles. The minimum Gasteiger partial charge on any atom is -0.478 e. The van der Waals surface area contributed by atoms with Gasteiger partial charge in [0.25, 0.3) is 0 Å². The molecule has 5 aromatic carbocycles. The van der Waals surface area contributed by atoms with Gasteiger partial charge in [0.2, 0.25) is 0 Å². The lowest BCUT2D eigenvalue weighted by Crippen LogP contribution is -2.32. The van der Waals surface area contributed by atoms with Crippen LogP contribution in [0.5, 0.6) is 28.7 Å². The highest BCUT2D eigenvalue weighted by Crippen LogP contribution is 2.42. The van der Waals surface area contributed by atoms with Gasteiger partial charge < -0.3 is 29.5 Å². The SMILES string of the molecule is O=C(O)c1cccc(Oc2ccc(C3=CCC(Oc4cccc(C(=O)O)c4)(c4ccccc4)C=C3)c(Oc3cccc(C(=O)O)c3)c2)c1. The number of allylic oxidation sites excluding steroid dienone is 2. The van der Waals surface area contributed by atoms with Crippen LogP contribution in [-0.4, -0.2) is 33.2 Å². The van der Waals surface area contributed by atoms with Gasteiger partial charge in [-0.15, -0.1) is 0 Å². The second-order valence-corrected chi connectivity index (χ2v) is 10.9. The maximum absolute atomic E-state index is 11.6. The highest BCUT2D eigenvalue weighted by atomic mass is 16.5. The van der Waals surface area contributed by atoms with Gasteiger partial charge in [-0.05, 0) is 83.9 Å². The van der Waals surface area contributed by atoms with E-state index in [1.54, 1.807) is 54.6 Å². The van der Waals surface area contributed by atoms with E-state index in [-0.39, 0.29) is 16.7 Å². The summed E-state index contributed by atoms with van der Waals surface area (Å²) < 4.78 is 18.8. The van der Waals surface area contributed by atoms with E-state index >= 15 is 0 Å². The second kappa shape index (κ2) is 13.4. The standard InChI is InChI=1S/C39H28O9/c40-36(41)26-7-4-12-30(21-26)46-32-15-16-34(35(24-32)47-31-13-5-8-27(22-31)37(42)43)25-17-19-39(20-18-25,29-10-2-1-3-11-29)48-33-14-6-9-28(23-33)38(44)45/h1-19,21-24H,20H2,(H,40,41)(H,42,43)(H,44,45). The molecule has 0 spiro atoms. The molecule has 0 fully saturated rings. The van der Waals surface area contributed by atoms with Crippen molar-refractivity contribution in [3.63, 3.8) is 0 Å². The van der Waals surface area contributed by atoms with E-state index in [9.17, 15) is 29.7 Å². The van der Waals surface area contributed by atoms with Crippen LogP contribution in [0.4, 0.5) is 0 Å². The Kier molecular flexibility index (Phi) is 8.76. The second-order valence-electron chi connectivity index (χ2n) is 10.9. The molecule has 1 unspecified atom stereocenters. The lowest BCUT2D eigenvalue weighted by atomic mass is 9.83. The molecule has 238 valence electrons. The molecule has 0 aliphatic heterocycles. The van der Waals surface area contributed by atoms with Crippen molar-refractivity contribution < 1.29 is 43.9 Å². The zero-order valence-electron chi connectivity index (χ0n) is 25.3. The summed E-state index contributed by atoms with van der Waals surface area (Å²) in [6.45, 7) is 0. The van der Waals surface area contributed by atoms with Crippen LogP contribution in [0.3, 0.4) is 0 Å². The molecule has 9 heteroatoms. The van der Waals surface area contributed by atoms with Gasteiger partial charge in [-0.25, -0.2) is 14.4 Å². The third-order valence-corrected chi connectivity index (χ3v) is 7.69. The van der Waals surface area contributed by atoms with Crippen LogP contribution in [0, 0.1) is 0 Å². The van der Waals surface area contributed by atoms with Crippen molar-refractivity contribution in [3.05, 3.63) is 167 Å². The number of benzene rings is 5. The van der Waals surface area contributed by atoms with E-state index in [0.29, 0.717) is 40.7 Å². The van der Waals surface area contributed by atoms with Crippen molar-refractivity contribution in [2.24, 2.45) is 0 Å². The molecule has 5 aromatic rings. The number of ether oxygens (including phenoxy) is 3. The monoisotopic (exact) mass is 640 g/mol. The van der Waals surface area contributed by atoms with E-state index in [2.05, 4.69) is 0 Å². The average molecular weight is 641 g/mol. The van der Waals surface area contributed by atoms with E-state index in [4.69, 9.17) is 14.2 Å². The summed E-state index contributed by atoms with van der Waals surface area (Å²) in [7, 11) is 0. The van der Waals surface area contributed by atoms with E-state index in [1.807, 2.05) is 48.6 Å². The Hall–Kier alpha value is -6.61. The maximum atomic E-state index is 11.6. The molecule has 0 saturated heterocycles. The number of aromatic carboxylic acids is 3. The third-order valence-electron chi connectivity index (χ3n) is 7.69. The molecule has 1 aliphatic rings. The first kappa shape index (κ1) is 31.4. The van der Waals surface area contributed by atoms with Crippen molar-refractivity contribution in [1.82, 2.24) is 0 Å². The summed E-state index contributed by atoms with van der Waals surface area (Å²) in [6, 6.07) is 33.3. The van der Waals surface area contributed by atoms with Crippen LogP contribution in [0.2, 0.25) is 0 Å². The van der Waals surface area contributed by atoms with E-state index in [0.717, 1.165) is 11.1 Å². The van der Waals surface area contributed by atoms with Gasteiger partial charge in [0, 0.05) is 18.1 Å². The first-order valence-corrected chi connectivity index (χ1v) is 14.8.